The number of nitrogens with zero attached hydrogens (tertiary/aromatic N) is 2. The summed E-state index contributed by atoms with van der Waals surface area (Å²) in [5.41, 5.74) is 2.00. The van der Waals surface area contributed by atoms with Crippen LogP contribution in [0.2, 0.25) is 0 Å². The Morgan fingerprint density at radius 1 is 1.39 bits per heavy atom. The highest BCUT2D eigenvalue weighted by molar-refractivity contribution is 7.99. The lowest BCUT2D eigenvalue weighted by Crippen LogP contribution is -2.23. The highest BCUT2D eigenvalue weighted by Crippen LogP contribution is 2.24. The molecule has 6 nitrogen and oxygen atoms in total. The first-order valence-electron chi connectivity index (χ1n) is 7.52. The summed E-state index contributed by atoms with van der Waals surface area (Å²) in [5, 5.41) is 6.62. The van der Waals surface area contributed by atoms with E-state index in [9.17, 15) is 9.59 Å². The van der Waals surface area contributed by atoms with E-state index in [1.54, 1.807) is 43.0 Å². The van der Waals surface area contributed by atoms with Crippen molar-refractivity contribution in [2.75, 3.05) is 11.1 Å². The first-order valence-corrected chi connectivity index (χ1v) is 8.51. The van der Waals surface area contributed by atoms with Crippen molar-refractivity contribution in [3.8, 4) is 0 Å². The van der Waals surface area contributed by atoms with Crippen molar-refractivity contribution in [2.45, 2.75) is 31.6 Å². The molecule has 23 heavy (non-hydrogen) atoms. The maximum absolute atomic E-state index is 12.2. The molecule has 2 heterocycles. The predicted molar refractivity (Wildman–Crippen MR) is 89.5 cm³/mol. The van der Waals surface area contributed by atoms with Gasteiger partial charge in [0.15, 0.2) is 5.16 Å². The van der Waals surface area contributed by atoms with Crippen LogP contribution in [0.15, 0.2) is 35.6 Å². The van der Waals surface area contributed by atoms with Crippen molar-refractivity contribution in [2.24, 2.45) is 0 Å². The van der Waals surface area contributed by atoms with Gasteiger partial charge in [-0.3, -0.25) is 9.59 Å². The molecule has 0 spiro atoms. The Bertz CT molecular complexity index is 720. The van der Waals surface area contributed by atoms with Crippen LogP contribution in [0.1, 0.15) is 29.4 Å². The lowest BCUT2D eigenvalue weighted by molar-refractivity contribution is -0.115. The minimum Gasteiger partial charge on any atom is -0.346 e. The second-order valence-corrected chi connectivity index (χ2v) is 6.28. The molecule has 7 heteroatoms. The lowest BCUT2D eigenvalue weighted by atomic mass is 10.2. The van der Waals surface area contributed by atoms with Crippen LogP contribution in [0, 0.1) is 0 Å². The molecule has 1 aliphatic heterocycles. The summed E-state index contributed by atoms with van der Waals surface area (Å²) in [6.45, 7) is 3.15. The second-order valence-electron chi connectivity index (χ2n) is 5.22. The van der Waals surface area contributed by atoms with Gasteiger partial charge in [0.2, 0.25) is 5.91 Å². The molecule has 1 aromatic heterocycles. The molecule has 0 saturated heterocycles. The molecule has 2 N–H and O–H groups in total. The average molecular weight is 330 g/mol. The fourth-order valence-electron chi connectivity index (χ4n) is 2.31. The molecule has 2 amide bonds. The fourth-order valence-corrected chi connectivity index (χ4v) is 3.27. The van der Waals surface area contributed by atoms with E-state index in [1.807, 2.05) is 6.20 Å². The molecule has 0 aliphatic carbocycles. The highest BCUT2D eigenvalue weighted by atomic mass is 32.2. The van der Waals surface area contributed by atoms with Crippen LogP contribution >= 0.6 is 11.8 Å². The molecule has 0 fully saturated rings. The van der Waals surface area contributed by atoms with E-state index in [2.05, 4.69) is 20.2 Å². The summed E-state index contributed by atoms with van der Waals surface area (Å²) in [4.78, 5) is 28.1. The number of anilines is 1. The van der Waals surface area contributed by atoms with Gasteiger partial charge in [0.05, 0.1) is 12.2 Å². The molecule has 0 saturated carbocycles. The van der Waals surface area contributed by atoms with Gasteiger partial charge in [0.1, 0.15) is 0 Å². The summed E-state index contributed by atoms with van der Waals surface area (Å²) in [6.07, 6.45) is 2.38. The van der Waals surface area contributed by atoms with Gasteiger partial charge in [-0.1, -0.05) is 24.8 Å². The van der Waals surface area contributed by atoms with Crippen molar-refractivity contribution < 1.29 is 9.59 Å². The summed E-state index contributed by atoms with van der Waals surface area (Å²) in [5.74, 6) is 0.802. The van der Waals surface area contributed by atoms with Crippen molar-refractivity contribution in [1.29, 1.82) is 0 Å². The van der Waals surface area contributed by atoms with E-state index in [1.165, 1.54) is 0 Å². The van der Waals surface area contributed by atoms with E-state index in [0.29, 0.717) is 24.2 Å². The van der Waals surface area contributed by atoms with Crippen molar-refractivity contribution in [3.05, 3.63) is 41.7 Å². The SMILES string of the molecule is CCC(=O)Nc1cccc(C(=O)NCc2cn3c(n2)SCC3)c1. The van der Waals surface area contributed by atoms with Crippen molar-refractivity contribution >= 4 is 29.3 Å². The van der Waals surface area contributed by atoms with Crippen molar-refractivity contribution in [1.82, 2.24) is 14.9 Å². The van der Waals surface area contributed by atoms with Crippen LogP contribution in [0.25, 0.3) is 0 Å². The maximum atomic E-state index is 12.2. The van der Waals surface area contributed by atoms with Gasteiger partial charge in [0, 0.05) is 36.2 Å². The van der Waals surface area contributed by atoms with Crippen LogP contribution in [-0.2, 0) is 17.9 Å². The lowest BCUT2D eigenvalue weighted by Gasteiger charge is -2.07. The van der Waals surface area contributed by atoms with Gasteiger partial charge in [0.25, 0.3) is 5.91 Å². The molecular formula is C16H18N4O2S. The number of imidazole rings is 1. The average Bonchev–Trinajstić information content (AvgIpc) is 3.14. The number of nitrogens with one attached hydrogen (secondary N) is 2. The third-order valence-electron chi connectivity index (χ3n) is 3.51. The molecule has 3 rings (SSSR count). The highest BCUT2D eigenvalue weighted by Gasteiger charge is 2.15. The number of aromatic nitrogens is 2. The van der Waals surface area contributed by atoms with E-state index in [4.69, 9.17) is 0 Å². The van der Waals surface area contributed by atoms with E-state index in [-0.39, 0.29) is 11.8 Å². The molecule has 2 aromatic rings. The zero-order valence-corrected chi connectivity index (χ0v) is 13.7. The van der Waals surface area contributed by atoms with Crippen LogP contribution in [0.4, 0.5) is 5.69 Å². The monoisotopic (exact) mass is 330 g/mol. The van der Waals surface area contributed by atoms with Crippen LogP contribution in [0.5, 0.6) is 0 Å². The Balaban J connectivity index is 1.61. The number of aryl methyl sites for hydroxylation is 1. The summed E-state index contributed by atoms with van der Waals surface area (Å²) in [6, 6.07) is 6.91. The second kappa shape index (κ2) is 6.87. The number of rotatable bonds is 5. The number of benzene rings is 1. The third kappa shape index (κ3) is 3.73. The minimum atomic E-state index is -0.182. The van der Waals surface area contributed by atoms with E-state index >= 15 is 0 Å². The van der Waals surface area contributed by atoms with E-state index in [0.717, 1.165) is 23.1 Å². The molecule has 0 radical (unpaired) electrons. The molecule has 0 bridgehead atoms. The molecule has 0 atom stereocenters. The molecule has 1 aliphatic rings. The molecular weight excluding hydrogens is 312 g/mol. The number of amides is 2. The Hall–Kier alpha value is -2.28. The minimum absolute atomic E-state index is 0.0763. The summed E-state index contributed by atoms with van der Waals surface area (Å²) >= 11 is 1.73. The molecule has 0 unspecified atom stereocenters. The Kier molecular flexibility index (Phi) is 4.66. The quantitative estimate of drug-likeness (QED) is 0.882. The standard InChI is InChI=1S/C16H18N4O2S/c1-2-14(21)18-12-5-3-4-11(8-12)15(22)17-9-13-10-20-6-7-23-16(20)19-13/h3-5,8,10H,2,6-7,9H2,1H3,(H,17,22)(H,18,21). The molecule has 120 valence electrons. The fraction of sp³-hybridized carbons (Fsp3) is 0.312. The maximum Gasteiger partial charge on any atom is 0.251 e. The zero-order chi connectivity index (χ0) is 16.2. The van der Waals surface area contributed by atoms with Gasteiger partial charge in [-0.25, -0.2) is 4.98 Å². The van der Waals surface area contributed by atoms with Crippen LogP contribution < -0.4 is 10.6 Å². The van der Waals surface area contributed by atoms with Gasteiger partial charge in [-0.15, -0.1) is 0 Å². The number of carbonyl (C=O) groups excluding carboxylic acids is 2. The number of fused-ring (bicyclic) bond motifs is 1. The van der Waals surface area contributed by atoms with E-state index < -0.39 is 0 Å². The summed E-state index contributed by atoms with van der Waals surface area (Å²) < 4.78 is 2.10. The van der Waals surface area contributed by atoms with Gasteiger partial charge in [-0.05, 0) is 18.2 Å². The number of carbonyl (C=O) groups is 2. The first kappa shape index (κ1) is 15.6. The topological polar surface area (TPSA) is 76.0 Å². The number of hydrogen-bond acceptors (Lipinski definition) is 4. The van der Waals surface area contributed by atoms with Gasteiger partial charge in [-0.2, -0.15) is 0 Å². The van der Waals surface area contributed by atoms with Crippen LogP contribution in [-0.4, -0.2) is 27.1 Å². The smallest absolute Gasteiger partial charge is 0.251 e. The first-order chi connectivity index (χ1) is 11.2. The Morgan fingerprint density at radius 3 is 3.04 bits per heavy atom. The predicted octanol–water partition coefficient (Wildman–Crippen LogP) is 2.27. The number of thioether (sulfide) groups is 1. The van der Waals surface area contributed by atoms with Crippen LogP contribution in [0.3, 0.4) is 0 Å². The summed E-state index contributed by atoms with van der Waals surface area (Å²) in [7, 11) is 0. The Morgan fingerprint density at radius 2 is 2.26 bits per heavy atom. The zero-order valence-electron chi connectivity index (χ0n) is 12.8. The van der Waals surface area contributed by atoms with Gasteiger partial charge >= 0.3 is 0 Å². The number of hydrogen-bond donors (Lipinski definition) is 2. The largest absolute Gasteiger partial charge is 0.346 e. The normalized spacial score (nSPS) is 12.7. The third-order valence-corrected chi connectivity index (χ3v) is 4.48. The molecule has 1 aromatic carbocycles. The van der Waals surface area contributed by atoms with Gasteiger partial charge < -0.3 is 15.2 Å². The Labute approximate surface area is 138 Å². The van der Waals surface area contributed by atoms with Crippen molar-refractivity contribution in [3.63, 3.8) is 0 Å².